The number of aryl methyl sites for hydroxylation is 1. The first-order valence-electron chi connectivity index (χ1n) is 7.80. The first kappa shape index (κ1) is 15.9. The Bertz CT molecular complexity index is 626. The van der Waals surface area contributed by atoms with Crippen molar-refractivity contribution in [3.05, 3.63) is 12.5 Å². The highest BCUT2D eigenvalue weighted by molar-refractivity contribution is 7.89. The molecule has 3 atom stereocenters. The molecule has 0 unspecified atom stereocenters. The van der Waals surface area contributed by atoms with Gasteiger partial charge < -0.3 is 9.30 Å². The molecule has 124 valence electrons. The molecule has 0 bridgehead atoms. The Morgan fingerprint density at radius 1 is 1.36 bits per heavy atom. The fourth-order valence-electron chi connectivity index (χ4n) is 3.68. The summed E-state index contributed by atoms with van der Waals surface area (Å²) in [5.74, 6) is 0.249. The van der Waals surface area contributed by atoms with Crippen LogP contribution in [0.4, 0.5) is 0 Å². The lowest BCUT2D eigenvalue weighted by Crippen LogP contribution is -2.42. The highest BCUT2D eigenvalue weighted by Crippen LogP contribution is 2.36. The van der Waals surface area contributed by atoms with Gasteiger partial charge in [0.15, 0.2) is 5.03 Å². The molecule has 0 aliphatic carbocycles. The van der Waals surface area contributed by atoms with Gasteiger partial charge in [0.1, 0.15) is 0 Å². The molecular formula is C14H24N4O3S. The summed E-state index contributed by atoms with van der Waals surface area (Å²) in [5, 5.41) is 0.126. The topological polar surface area (TPSA) is 67.7 Å². The number of ether oxygens (including phenoxy) is 1. The number of likely N-dealkylation sites (N-methyl/N-ethyl adjacent to an activating group) is 1. The van der Waals surface area contributed by atoms with E-state index in [1.807, 2.05) is 0 Å². The Morgan fingerprint density at radius 2 is 2.09 bits per heavy atom. The van der Waals surface area contributed by atoms with E-state index in [1.165, 1.54) is 6.33 Å². The van der Waals surface area contributed by atoms with E-state index in [-0.39, 0.29) is 23.0 Å². The zero-order valence-electron chi connectivity index (χ0n) is 13.3. The number of rotatable bonds is 5. The van der Waals surface area contributed by atoms with Gasteiger partial charge in [0, 0.05) is 31.7 Å². The minimum atomic E-state index is -3.56. The molecular weight excluding hydrogens is 304 g/mol. The number of aromatic nitrogens is 2. The lowest BCUT2D eigenvalue weighted by Gasteiger charge is -2.29. The van der Waals surface area contributed by atoms with Crippen molar-refractivity contribution < 1.29 is 13.2 Å². The largest absolute Gasteiger partial charge is 0.379 e. The third-order valence-corrected chi connectivity index (χ3v) is 6.64. The molecule has 2 aliphatic rings. The summed E-state index contributed by atoms with van der Waals surface area (Å²) >= 11 is 0. The lowest BCUT2D eigenvalue weighted by molar-refractivity contribution is 0.127. The third kappa shape index (κ3) is 2.47. The maximum atomic E-state index is 12.9. The SMILES string of the molecule is CCN(CC)[C@@H]1CN(S(=O)(=O)c2cn(C)cn2)[C@@H]2COC[C@H]12. The van der Waals surface area contributed by atoms with Gasteiger partial charge in [0.05, 0.1) is 25.6 Å². The number of sulfonamides is 1. The Balaban J connectivity index is 1.91. The lowest BCUT2D eigenvalue weighted by atomic mass is 9.98. The van der Waals surface area contributed by atoms with Crippen LogP contribution in [0, 0.1) is 5.92 Å². The molecule has 3 heterocycles. The van der Waals surface area contributed by atoms with Crippen LogP contribution in [0.1, 0.15) is 13.8 Å². The molecule has 0 saturated carbocycles. The highest BCUT2D eigenvalue weighted by atomic mass is 32.2. The molecule has 1 aromatic rings. The van der Waals surface area contributed by atoms with E-state index in [9.17, 15) is 8.42 Å². The fraction of sp³-hybridized carbons (Fsp3) is 0.786. The molecule has 2 saturated heterocycles. The van der Waals surface area contributed by atoms with Crippen molar-refractivity contribution in [1.29, 1.82) is 0 Å². The minimum Gasteiger partial charge on any atom is -0.379 e. The van der Waals surface area contributed by atoms with Gasteiger partial charge in [-0.25, -0.2) is 13.4 Å². The number of imidazole rings is 1. The first-order chi connectivity index (χ1) is 10.5. The van der Waals surface area contributed by atoms with E-state index in [0.717, 1.165) is 13.1 Å². The smallest absolute Gasteiger partial charge is 0.262 e. The van der Waals surface area contributed by atoms with E-state index in [4.69, 9.17) is 4.74 Å². The van der Waals surface area contributed by atoms with Gasteiger partial charge in [0.2, 0.25) is 0 Å². The van der Waals surface area contributed by atoms with E-state index >= 15 is 0 Å². The zero-order valence-corrected chi connectivity index (χ0v) is 14.2. The predicted octanol–water partition coefficient (Wildman–Crippen LogP) is 0.150. The number of hydrogen-bond donors (Lipinski definition) is 0. The van der Waals surface area contributed by atoms with Crippen LogP contribution in [0.25, 0.3) is 0 Å². The van der Waals surface area contributed by atoms with Crippen molar-refractivity contribution in [2.45, 2.75) is 31.0 Å². The van der Waals surface area contributed by atoms with Crippen LogP contribution in [-0.2, 0) is 21.8 Å². The summed E-state index contributed by atoms with van der Waals surface area (Å²) < 4.78 is 34.7. The second-order valence-electron chi connectivity index (χ2n) is 6.01. The molecule has 7 nitrogen and oxygen atoms in total. The minimum absolute atomic E-state index is 0.0717. The maximum absolute atomic E-state index is 12.9. The van der Waals surface area contributed by atoms with Crippen LogP contribution in [0.15, 0.2) is 17.6 Å². The van der Waals surface area contributed by atoms with Crippen molar-refractivity contribution in [3.8, 4) is 0 Å². The van der Waals surface area contributed by atoms with Crippen molar-refractivity contribution in [1.82, 2.24) is 18.8 Å². The summed E-state index contributed by atoms with van der Waals surface area (Å²) in [6.07, 6.45) is 3.08. The molecule has 22 heavy (non-hydrogen) atoms. The summed E-state index contributed by atoms with van der Waals surface area (Å²) in [4.78, 5) is 6.37. The van der Waals surface area contributed by atoms with Crippen molar-refractivity contribution in [3.63, 3.8) is 0 Å². The standard InChI is InChI=1S/C14H24N4O3S/c1-4-17(5-2)12-6-18(13-9-21-8-11(12)13)22(19,20)14-7-16(3)10-15-14/h7,10-13H,4-6,8-9H2,1-3H3/t11-,12-,13-/m1/s1. The number of fused-ring (bicyclic) bond motifs is 1. The van der Waals surface area contributed by atoms with Crippen LogP contribution in [0.5, 0.6) is 0 Å². The molecule has 0 N–H and O–H groups in total. The second-order valence-corrected chi connectivity index (χ2v) is 7.85. The maximum Gasteiger partial charge on any atom is 0.262 e. The summed E-state index contributed by atoms with van der Waals surface area (Å²) in [6, 6.07) is 0.151. The summed E-state index contributed by atoms with van der Waals surface area (Å²) in [7, 11) is -1.79. The molecule has 0 amide bonds. The molecule has 8 heteroatoms. The molecule has 1 aromatic heterocycles. The second kappa shape index (κ2) is 5.92. The van der Waals surface area contributed by atoms with E-state index < -0.39 is 10.0 Å². The Labute approximate surface area is 131 Å². The van der Waals surface area contributed by atoms with Crippen LogP contribution in [0.3, 0.4) is 0 Å². The Kier molecular flexibility index (Phi) is 4.28. The molecule has 0 radical (unpaired) electrons. The van der Waals surface area contributed by atoms with Crippen LogP contribution >= 0.6 is 0 Å². The average Bonchev–Trinajstić information content (AvgIpc) is 3.17. The van der Waals surface area contributed by atoms with Crippen LogP contribution in [-0.4, -0.2) is 72.1 Å². The van der Waals surface area contributed by atoms with Crippen LogP contribution < -0.4 is 0 Å². The Morgan fingerprint density at radius 3 is 2.68 bits per heavy atom. The van der Waals surface area contributed by atoms with Crippen molar-refractivity contribution >= 4 is 10.0 Å². The fourth-order valence-corrected chi connectivity index (χ4v) is 5.32. The molecule has 0 aromatic carbocycles. The third-order valence-electron chi connectivity index (χ3n) is 4.86. The predicted molar refractivity (Wildman–Crippen MR) is 81.9 cm³/mol. The monoisotopic (exact) mass is 328 g/mol. The Hall–Kier alpha value is -0.960. The number of nitrogens with zero attached hydrogens (tertiary/aromatic N) is 4. The zero-order chi connectivity index (χ0) is 15.9. The van der Waals surface area contributed by atoms with Crippen molar-refractivity contribution in [2.75, 3.05) is 32.8 Å². The summed E-state index contributed by atoms with van der Waals surface area (Å²) in [6.45, 7) is 7.71. The molecule has 2 aliphatic heterocycles. The van der Waals surface area contributed by atoms with E-state index in [1.54, 1.807) is 22.1 Å². The van der Waals surface area contributed by atoms with Gasteiger partial charge in [-0.2, -0.15) is 4.31 Å². The molecule has 0 spiro atoms. The van der Waals surface area contributed by atoms with Crippen molar-refractivity contribution in [2.24, 2.45) is 13.0 Å². The van der Waals surface area contributed by atoms with Gasteiger partial charge in [-0.3, -0.25) is 4.90 Å². The molecule has 3 rings (SSSR count). The van der Waals surface area contributed by atoms with Gasteiger partial charge in [-0.1, -0.05) is 13.8 Å². The van der Waals surface area contributed by atoms with E-state index in [0.29, 0.717) is 19.8 Å². The number of hydrogen-bond acceptors (Lipinski definition) is 5. The van der Waals surface area contributed by atoms with E-state index in [2.05, 4.69) is 23.7 Å². The van der Waals surface area contributed by atoms with Gasteiger partial charge in [-0.05, 0) is 13.1 Å². The quantitative estimate of drug-likeness (QED) is 0.770. The molecule has 2 fully saturated rings. The first-order valence-corrected chi connectivity index (χ1v) is 9.24. The van der Waals surface area contributed by atoms with Gasteiger partial charge >= 0.3 is 0 Å². The van der Waals surface area contributed by atoms with Gasteiger partial charge in [-0.15, -0.1) is 0 Å². The normalized spacial score (nSPS) is 29.4. The average molecular weight is 328 g/mol. The highest BCUT2D eigenvalue weighted by Gasteiger charge is 2.51. The van der Waals surface area contributed by atoms with Gasteiger partial charge in [0.25, 0.3) is 10.0 Å². The van der Waals surface area contributed by atoms with Crippen LogP contribution in [0.2, 0.25) is 0 Å². The summed E-state index contributed by atoms with van der Waals surface area (Å²) in [5.41, 5.74) is 0.